The van der Waals surface area contributed by atoms with E-state index in [2.05, 4.69) is 10.2 Å². The second-order valence-corrected chi connectivity index (χ2v) is 4.01. The van der Waals surface area contributed by atoms with Gasteiger partial charge in [-0.3, -0.25) is 5.10 Å². The lowest BCUT2D eigenvalue weighted by Gasteiger charge is -2.05. The van der Waals surface area contributed by atoms with Crippen molar-refractivity contribution in [1.82, 2.24) is 14.8 Å². The van der Waals surface area contributed by atoms with Crippen molar-refractivity contribution in [3.8, 4) is 11.4 Å². The second-order valence-electron chi connectivity index (χ2n) is 3.22. The number of nitrogens with zero attached hydrogens (tertiary/aromatic N) is 2. The first-order valence-corrected chi connectivity index (χ1v) is 5.52. The highest BCUT2D eigenvalue weighted by Crippen LogP contribution is 2.26. The SMILES string of the molecule is CCn1c(-c2ccc(F)cc2Cl)n[nH]c1=S. The lowest BCUT2D eigenvalue weighted by atomic mass is 10.2. The summed E-state index contributed by atoms with van der Waals surface area (Å²) < 4.78 is 15.2. The monoisotopic (exact) mass is 257 g/mol. The first-order chi connectivity index (χ1) is 7.63. The normalized spacial score (nSPS) is 10.7. The number of rotatable bonds is 2. The van der Waals surface area contributed by atoms with Crippen LogP contribution < -0.4 is 0 Å². The molecule has 3 nitrogen and oxygen atoms in total. The molecule has 1 aromatic carbocycles. The van der Waals surface area contributed by atoms with E-state index in [1.807, 2.05) is 6.92 Å². The molecular weight excluding hydrogens is 249 g/mol. The minimum Gasteiger partial charge on any atom is -0.300 e. The number of benzene rings is 1. The number of halogens is 2. The highest BCUT2D eigenvalue weighted by Gasteiger charge is 2.11. The fourth-order valence-electron chi connectivity index (χ4n) is 1.49. The van der Waals surface area contributed by atoms with Crippen LogP contribution in [0.2, 0.25) is 5.02 Å². The Kier molecular flexibility index (Phi) is 3.07. The Balaban J connectivity index is 2.63. The van der Waals surface area contributed by atoms with Crippen molar-refractivity contribution < 1.29 is 4.39 Å². The van der Waals surface area contributed by atoms with Crippen LogP contribution in [-0.2, 0) is 6.54 Å². The van der Waals surface area contributed by atoms with E-state index in [0.717, 1.165) is 0 Å². The lowest BCUT2D eigenvalue weighted by Crippen LogP contribution is -1.98. The van der Waals surface area contributed by atoms with Crippen molar-refractivity contribution in [1.29, 1.82) is 0 Å². The van der Waals surface area contributed by atoms with Gasteiger partial charge in [0.05, 0.1) is 5.02 Å². The van der Waals surface area contributed by atoms with Gasteiger partial charge in [-0.2, -0.15) is 5.10 Å². The standard InChI is InChI=1S/C10H9ClFN3S/c1-2-15-9(13-14-10(15)16)7-4-3-6(12)5-8(7)11/h3-5H,2H2,1H3,(H,14,16). The maximum absolute atomic E-state index is 12.9. The first-order valence-electron chi connectivity index (χ1n) is 4.74. The molecule has 0 fully saturated rings. The molecular formula is C10H9ClFN3S. The van der Waals surface area contributed by atoms with Crippen molar-refractivity contribution in [2.75, 3.05) is 0 Å². The molecule has 1 heterocycles. The summed E-state index contributed by atoms with van der Waals surface area (Å²) in [5, 5.41) is 7.10. The summed E-state index contributed by atoms with van der Waals surface area (Å²) in [6.45, 7) is 2.63. The van der Waals surface area contributed by atoms with Crippen LogP contribution in [0.25, 0.3) is 11.4 Å². The van der Waals surface area contributed by atoms with Gasteiger partial charge in [-0.25, -0.2) is 4.39 Å². The molecule has 1 N–H and O–H groups in total. The molecule has 84 valence electrons. The summed E-state index contributed by atoms with van der Waals surface area (Å²) in [6, 6.07) is 4.20. The minimum absolute atomic E-state index is 0.323. The lowest BCUT2D eigenvalue weighted by molar-refractivity contribution is 0.628. The number of aromatic amines is 1. The van der Waals surface area contributed by atoms with E-state index in [4.69, 9.17) is 23.8 Å². The van der Waals surface area contributed by atoms with E-state index >= 15 is 0 Å². The van der Waals surface area contributed by atoms with E-state index in [0.29, 0.717) is 27.7 Å². The van der Waals surface area contributed by atoms with Crippen LogP contribution in [0.15, 0.2) is 18.2 Å². The molecule has 0 unspecified atom stereocenters. The highest BCUT2D eigenvalue weighted by atomic mass is 35.5. The van der Waals surface area contributed by atoms with Gasteiger partial charge in [0.25, 0.3) is 0 Å². The van der Waals surface area contributed by atoms with Crippen molar-refractivity contribution in [2.24, 2.45) is 0 Å². The molecule has 1 aromatic heterocycles. The molecule has 0 saturated carbocycles. The molecule has 0 saturated heterocycles. The van der Waals surface area contributed by atoms with Gasteiger partial charge in [-0.1, -0.05) is 11.6 Å². The molecule has 2 aromatic rings. The van der Waals surface area contributed by atoms with Crippen molar-refractivity contribution in [2.45, 2.75) is 13.5 Å². The van der Waals surface area contributed by atoms with Crippen LogP contribution in [0, 0.1) is 10.6 Å². The molecule has 0 bridgehead atoms. The van der Waals surface area contributed by atoms with E-state index < -0.39 is 0 Å². The predicted molar refractivity (Wildman–Crippen MR) is 63.5 cm³/mol. The average molecular weight is 258 g/mol. The summed E-state index contributed by atoms with van der Waals surface area (Å²) in [6.07, 6.45) is 0. The first kappa shape index (κ1) is 11.3. The van der Waals surface area contributed by atoms with Crippen molar-refractivity contribution in [3.63, 3.8) is 0 Å². The Morgan fingerprint density at radius 2 is 2.31 bits per heavy atom. The molecule has 0 spiro atoms. The average Bonchev–Trinajstić information content (AvgIpc) is 2.59. The Bertz CT molecular complexity index is 576. The van der Waals surface area contributed by atoms with Crippen LogP contribution >= 0.6 is 23.8 Å². The topological polar surface area (TPSA) is 33.6 Å². The third kappa shape index (κ3) is 1.88. The van der Waals surface area contributed by atoms with Gasteiger partial charge < -0.3 is 4.57 Å². The number of aromatic nitrogens is 3. The Labute approximate surface area is 102 Å². The molecule has 16 heavy (non-hydrogen) atoms. The van der Waals surface area contributed by atoms with Gasteiger partial charge in [0.2, 0.25) is 0 Å². The largest absolute Gasteiger partial charge is 0.300 e. The number of H-pyrrole nitrogens is 1. The van der Waals surface area contributed by atoms with Crippen LogP contribution in [0.5, 0.6) is 0 Å². The summed E-state index contributed by atoms with van der Waals surface area (Å²) in [4.78, 5) is 0. The number of hydrogen-bond acceptors (Lipinski definition) is 2. The van der Waals surface area contributed by atoms with Crippen LogP contribution in [0.1, 0.15) is 6.92 Å². The summed E-state index contributed by atoms with van der Waals surface area (Å²) >= 11 is 11.0. The van der Waals surface area contributed by atoms with Crippen LogP contribution in [0.4, 0.5) is 4.39 Å². The van der Waals surface area contributed by atoms with Crippen LogP contribution in [-0.4, -0.2) is 14.8 Å². The maximum Gasteiger partial charge on any atom is 0.195 e. The Morgan fingerprint density at radius 3 is 2.94 bits per heavy atom. The van der Waals surface area contributed by atoms with E-state index in [1.54, 1.807) is 10.6 Å². The zero-order chi connectivity index (χ0) is 11.7. The molecule has 0 amide bonds. The number of hydrogen-bond donors (Lipinski definition) is 1. The third-order valence-corrected chi connectivity index (χ3v) is 2.87. The minimum atomic E-state index is -0.370. The van der Waals surface area contributed by atoms with Crippen molar-refractivity contribution >= 4 is 23.8 Å². The van der Waals surface area contributed by atoms with Crippen LogP contribution in [0.3, 0.4) is 0 Å². The van der Waals surface area contributed by atoms with Gasteiger partial charge in [-0.05, 0) is 37.3 Å². The molecule has 0 atom stereocenters. The summed E-state index contributed by atoms with van der Waals surface area (Å²) in [7, 11) is 0. The molecule has 0 aliphatic carbocycles. The fraction of sp³-hybridized carbons (Fsp3) is 0.200. The van der Waals surface area contributed by atoms with Gasteiger partial charge in [-0.15, -0.1) is 0 Å². The van der Waals surface area contributed by atoms with E-state index in [1.165, 1.54) is 12.1 Å². The van der Waals surface area contributed by atoms with Crippen molar-refractivity contribution in [3.05, 3.63) is 33.8 Å². The quantitative estimate of drug-likeness (QED) is 0.837. The summed E-state index contributed by atoms with van der Waals surface area (Å²) in [5.41, 5.74) is 0.664. The van der Waals surface area contributed by atoms with Gasteiger partial charge in [0.1, 0.15) is 5.82 Å². The third-order valence-electron chi connectivity index (χ3n) is 2.25. The zero-order valence-corrected chi connectivity index (χ0v) is 10.1. The smallest absolute Gasteiger partial charge is 0.195 e. The maximum atomic E-state index is 12.9. The molecule has 0 aliphatic rings. The second kappa shape index (κ2) is 4.35. The van der Waals surface area contributed by atoms with Gasteiger partial charge in [0, 0.05) is 12.1 Å². The Morgan fingerprint density at radius 1 is 1.56 bits per heavy atom. The van der Waals surface area contributed by atoms with Gasteiger partial charge in [0.15, 0.2) is 10.6 Å². The summed E-state index contributed by atoms with van der Waals surface area (Å²) in [5.74, 6) is 0.253. The highest BCUT2D eigenvalue weighted by molar-refractivity contribution is 7.71. The Hall–Kier alpha value is -1.20. The molecule has 0 aliphatic heterocycles. The number of nitrogens with one attached hydrogen (secondary N) is 1. The molecule has 0 radical (unpaired) electrons. The fourth-order valence-corrected chi connectivity index (χ4v) is 2.00. The van der Waals surface area contributed by atoms with Gasteiger partial charge >= 0.3 is 0 Å². The predicted octanol–water partition coefficient (Wildman–Crippen LogP) is 3.42. The molecule has 2 rings (SSSR count). The molecule has 6 heteroatoms. The van der Waals surface area contributed by atoms with E-state index in [9.17, 15) is 4.39 Å². The van der Waals surface area contributed by atoms with E-state index in [-0.39, 0.29) is 5.82 Å². The zero-order valence-electron chi connectivity index (χ0n) is 8.50.